The number of esters is 2. The van der Waals surface area contributed by atoms with Gasteiger partial charge in [-0.1, -0.05) is 12.2 Å². The van der Waals surface area contributed by atoms with E-state index in [1.165, 1.54) is 21.3 Å². The molecule has 1 heterocycles. The number of hydrogen-bond acceptors (Lipinski definition) is 7. The van der Waals surface area contributed by atoms with Crippen LogP contribution >= 0.6 is 0 Å². The van der Waals surface area contributed by atoms with E-state index in [4.69, 9.17) is 9.68 Å². The summed E-state index contributed by atoms with van der Waals surface area (Å²) >= 11 is 0. The van der Waals surface area contributed by atoms with E-state index in [1.54, 1.807) is 6.92 Å². The Morgan fingerprint density at radius 2 is 1.69 bits per heavy atom. The fourth-order valence-electron chi connectivity index (χ4n) is 1.58. The van der Waals surface area contributed by atoms with E-state index in [1.807, 2.05) is 0 Å². The molecule has 7 heteroatoms. The zero-order valence-electron chi connectivity index (χ0n) is 9.63. The fourth-order valence-corrected chi connectivity index (χ4v) is 1.58. The highest BCUT2D eigenvalue weighted by Gasteiger charge is 2.50. The van der Waals surface area contributed by atoms with Gasteiger partial charge in [0.2, 0.25) is 0 Å². The lowest BCUT2D eigenvalue weighted by molar-refractivity contribution is -0.351. The minimum absolute atomic E-state index is 0.417. The van der Waals surface area contributed by atoms with Gasteiger partial charge in [0.1, 0.15) is 0 Å². The van der Waals surface area contributed by atoms with Crippen LogP contribution in [0.2, 0.25) is 0 Å². The summed E-state index contributed by atoms with van der Waals surface area (Å²) in [5.74, 6) is -1.50. The van der Waals surface area contributed by atoms with Crippen LogP contribution in [0.3, 0.4) is 0 Å². The number of hydroxylamine groups is 2. The zero-order valence-corrected chi connectivity index (χ0v) is 9.63. The summed E-state index contributed by atoms with van der Waals surface area (Å²) in [4.78, 5) is 32.8. The molecule has 0 unspecified atom stereocenters. The molecule has 0 spiro atoms. The quantitative estimate of drug-likeness (QED) is 0.609. The van der Waals surface area contributed by atoms with Gasteiger partial charge >= 0.3 is 11.9 Å². The lowest BCUT2D eigenvalue weighted by atomic mass is 9.98. The van der Waals surface area contributed by atoms with Gasteiger partial charge in [-0.3, -0.25) is 14.5 Å². The summed E-state index contributed by atoms with van der Waals surface area (Å²) in [5.41, 5.74) is 0. The summed E-state index contributed by atoms with van der Waals surface area (Å²) in [5, 5.41) is 0.956. The van der Waals surface area contributed by atoms with E-state index >= 15 is 0 Å². The van der Waals surface area contributed by atoms with Crippen molar-refractivity contribution in [3.8, 4) is 0 Å². The van der Waals surface area contributed by atoms with Gasteiger partial charge in [0.05, 0.1) is 21.3 Å². The SMILES string of the molecule is COC(=O)[C@@H]1ON(OC)[C@@H](C(=O)OC)[C@H]1C. The van der Waals surface area contributed by atoms with Crippen LogP contribution in [0.4, 0.5) is 0 Å². The van der Waals surface area contributed by atoms with Crippen molar-refractivity contribution < 1.29 is 28.7 Å². The highest BCUT2D eigenvalue weighted by atomic mass is 17.0. The molecule has 1 fully saturated rings. The fraction of sp³-hybridized carbons (Fsp3) is 0.778. The molecule has 1 aliphatic rings. The topological polar surface area (TPSA) is 74.3 Å². The van der Waals surface area contributed by atoms with Crippen LogP contribution in [0, 0.1) is 5.92 Å². The zero-order chi connectivity index (χ0) is 12.3. The number of carbonyl (C=O) groups excluding carboxylic acids is 2. The normalized spacial score (nSPS) is 30.1. The van der Waals surface area contributed by atoms with Crippen molar-refractivity contribution in [3.63, 3.8) is 0 Å². The Labute approximate surface area is 93.1 Å². The van der Waals surface area contributed by atoms with Gasteiger partial charge < -0.3 is 9.47 Å². The second-order valence-electron chi connectivity index (χ2n) is 3.34. The van der Waals surface area contributed by atoms with E-state index in [-0.39, 0.29) is 0 Å². The average molecular weight is 233 g/mol. The average Bonchev–Trinajstić information content (AvgIpc) is 2.64. The third-order valence-corrected chi connectivity index (χ3v) is 2.48. The Kier molecular flexibility index (Phi) is 4.22. The third kappa shape index (κ3) is 2.16. The van der Waals surface area contributed by atoms with Gasteiger partial charge in [-0.15, -0.1) is 0 Å². The molecule has 16 heavy (non-hydrogen) atoms. The lowest BCUT2D eigenvalue weighted by Gasteiger charge is -2.18. The summed E-state index contributed by atoms with van der Waals surface area (Å²) < 4.78 is 9.17. The Hall–Kier alpha value is -1.18. The molecule has 7 nitrogen and oxygen atoms in total. The van der Waals surface area contributed by atoms with E-state index in [0.29, 0.717) is 0 Å². The minimum atomic E-state index is -0.867. The molecule has 0 radical (unpaired) electrons. The van der Waals surface area contributed by atoms with Crippen LogP contribution in [-0.4, -0.2) is 50.6 Å². The lowest BCUT2D eigenvalue weighted by Crippen LogP contribution is -2.39. The molecular formula is C9H15NO6. The number of carbonyl (C=O) groups is 2. The minimum Gasteiger partial charge on any atom is -0.468 e. The van der Waals surface area contributed by atoms with E-state index in [0.717, 1.165) is 5.23 Å². The Morgan fingerprint density at radius 3 is 2.12 bits per heavy atom. The summed E-state index contributed by atoms with van der Waals surface area (Å²) in [6, 6.07) is -0.779. The van der Waals surface area contributed by atoms with Crippen LogP contribution in [0.25, 0.3) is 0 Å². The van der Waals surface area contributed by atoms with E-state index < -0.39 is 30.0 Å². The Morgan fingerprint density at radius 1 is 1.12 bits per heavy atom. The van der Waals surface area contributed by atoms with Gasteiger partial charge in [0, 0.05) is 5.92 Å². The maximum absolute atomic E-state index is 11.5. The first kappa shape index (κ1) is 12.9. The van der Waals surface area contributed by atoms with Crippen molar-refractivity contribution in [2.75, 3.05) is 21.3 Å². The summed E-state index contributed by atoms with van der Waals surface area (Å²) in [6.45, 7) is 1.68. The predicted octanol–water partition coefficient (Wildman–Crippen LogP) is -0.486. The van der Waals surface area contributed by atoms with Crippen LogP contribution in [0.5, 0.6) is 0 Å². The molecular weight excluding hydrogens is 218 g/mol. The molecule has 0 N–H and O–H groups in total. The molecule has 0 saturated carbocycles. The highest BCUT2D eigenvalue weighted by Crippen LogP contribution is 2.28. The number of hydrogen-bond donors (Lipinski definition) is 0. The van der Waals surface area contributed by atoms with E-state index in [2.05, 4.69) is 9.47 Å². The van der Waals surface area contributed by atoms with Crippen molar-refractivity contribution in [2.45, 2.75) is 19.1 Å². The molecule has 0 aromatic heterocycles. The molecule has 0 aromatic carbocycles. The summed E-state index contributed by atoms with van der Waals surface area (Å²) in [7, 11) is 3.84. The van der Waals surface area contributed by atoms with Crippen LogP contribution in [0.1, 0.15) is 6.92 Å². The Bertz CT molecular complexity index is 281. The standard InChI is InChI=1S/C9H15NO6/c1-5-6(8(11)13-2)10(15-4)16-7(5)9(12)14-3/h5-7H,1-4H3/t5-,6-,7-/m1/s1. The first-order chi connectivity index (χ1) is 7.56. The molecule has 1 rings (SSSR count). The molecule has 0 amide bonds. The number of rotatable bonds is 3. The first-order valence-electron chi connectivity index (χ1n) is 4.72. The molecule has 1 aliphatic heterocycles. The van der Waals surface area contributed by atoms with Gasteiger partial charge in [0.25, 0.3) is 0 Å². The Balaban J connectivity index is 2.84. The number of ether oxygens (including phenoxy) is 2. The van der Waals surface area contributed by atoms with Crippen molar-refractivity contribution in [1.82, 2.24) is 5.23 Å². The smallest absolute Gasteiger partial charge is 0.337 e. The number of methoxy groups -OCH3 is 2. The maximum Gasteiger partial charge on any atom is 0.337 e. The van der Waals surface area contributed by atoms with Gasteiger partial charge in [0.15, 0.2) is 12.1 Å². The van der Waals surface area contributed by atoms with E-state index in [9.17, 15) is 9.59 Å². The largest absolute Gasteiger partial charge is 0.468 e. The monoisotopic (exact) mass is 233 g/mol. The summed E-state index contributed by atoms with van der Waals surface area (Å²) in [6.07, 6.45) is -0.867. The molecule has 0 aliphatic carbocycles. The number of nitrogens with zero attached hydrogens (tertiary/aromatic N) is 1. The predicted molar refractivity (Wildman–Crippen MR) is 50.7 cm³/mol. The third-order valence-electron chi connectivity index (χ3n) is 2.48. The van der Waals surface area contributed by atoms with Gasteiger partial charge in [-0.25, -0.2) is 4.79 Å². The molecule has 0 aromatic rings. The van der Waals surface area contributed by atoms with Gasteiger partial charge in [-0.2, -0.15) is 0 Å². The second kappa shape index (κ2) is 5.24. The highest BCUT2D eigenvalue weighted by molar-refractivity contribution is 5.80. The molecule has 0 bridgehead atoms. The van der Waals surface area contributed by atoms with Crippen LogP contribution in [-0.2, 0) is 28.7 Å². The van der Waals surface area contributed by atoms with Crippen LogP contribution < -0.4 is 0 Å². The van der Waals surface area contributed by atoms with Crippen LogP contribution in [0.15, 0.2) is 0 Å². The molecule has 92 valence electrons. The van der Waals surface area contributed by atoms with Gasteiger partial charge in [-0.05, 0) is 0 Å². The molecule has 1 saturated heterocycles. The second-order valence-corrected chi connectivity index (χ2v) is 3.34. The van der Waals surface area contributed by atoms with Crippen molar-refractivity contribution >= 4 is 11.9 Å². The van der Waals surface area contributed by atoms with Crippen molar-refractivity contribution in [1.29, 1.82) is 0 Å². The first-order valence-corrected chi connectivity index (χ1v) is 4.72. The maximum atomic E-state index is 11.5. The molecule has 3 atom stereocenters. The van der Waals surface area contributed by atoms with Crippen molar-refractivity contribution in [3.05, 3.63) is 0 Å². The van der Waals surface area contributed by atoms with Crippen molar-refractivity contribution in [2.24, 2.45) is 5.92 Å².